The molecular formula is C14H19NO4. The van der Waals surface area contributed by atoms with E-state index in [0.29, 0.717) is 42.7 Å². The summed E-state index contributed by atoms with van der Waals surface area (Å²) in [4.78, 5) is 11.9. The minimum Gasteiger partial charge on any atom is -0.494 e. The van der Waals surface area contributed by atoms with E-state index >= 15 is 0 Å². The van der Waals surface area contributed by atoms with Crippen molar-refractivity contribution in [3.63, 3.8) is 0 Å². The fourth-order valence-corrected chi connectivity index (χ4v) is 1.98. The Hall–Kier alpha value is -1.75. The van der Waals surface area contributed by atoms with Crippen LogP contribution in [0, 0.1) is 5.92 Å². The van der Waals surface area contributed by atoms with Crippen molar-refractivity contribution >= 4 is 11.7 Å². The minimum atomic E-state index is -0.375. The number of carbonyl (C=O) groups is 1. The van der Waals surface area contributed by atoms with Gasteiger partial charge in [-0.2, -0.15) is 0 Å². The van der Waals surface area contributed by atoms with Gasteiger partial charge in [-0.15, -0.1) is 0 Å². The lowest BCUT2D eigenvalue weighted by atomic mass is 10.1. The first kappa shape index (κ1) is 13.7. The first-order valence-electron chi connectivity index (χ1n) is 6.47. The van der Waals surface area contributed by atoms with Gasteiger partial charge in [0.15, 0.2) is 0 Å². The molecule has 1 fully saturated rings. The highest BCUT2D eigenvalue weighted by Gasteiger charge is 2.18. The lowest BCUT2D eigenvalue weighted by Gasteiger charge is -2.10. The van der Waals surface area contributed by atoms with E-state index in [1.165, 1.54) is 0 Å². The summed E-state index contributed by atoms with van der Waals surface area (Å²) in [5.74, 6) is 0.509. The van der Waals surface area contributed by atoms with Gasteiger partial charge in [0, 0.05) is 24.3 Å². The van der Waals surface area contributed by atoms with E-state index in [4.69, 9.17) is 19.9 Å². The molecule has 0 aliphatic carbocycles. The number of nitrogens with two attached hydrogens (primary N) is 1. The predicted octanol–water partition coefficient (Wildman–Crippen LogP) is 1.86. The van der Waals surface area contributed by atoms with Crippen LogP contribution in [0.2, 0.25) is 0 Å². The number of ether oxygens (including phenoxy) is 3. The average molecular weight is 265 g/mol. The van der Waals surface area contributed by atoms with Gasteiger partial charge >= 0.3 is 5.97 Å². The predicted molar refractivity (Wildman–Crippen MR) is 71.2 cm³/mol. The maximum Gasteiger partial charge on any atom is 0.338 e. The van der Waals surface area contributed by atoms with Crippen LogP contribution >= 0.6 is 0 Å². The number of benzene rings is 1. The Labute approximate surface area is 112 Å². The first-order valence-corrected chi connectivity index (χ1v) is 6.47. The Balaban J connectivity index is 1.97. The van der Waals surface area contributed by atoms with E-state index in [1.807, 2.05) is 6.92 Å². The summed E-state index contributed by atoms with van der Waals surface area (Å²) in [7, 11) is 0. The van der Waals surface area contributed by atoms with Crippen molar-refractivity contribution in [1.29, 1.82) is 0 Å². The minimum absolute atomic E-state index is 0.302. The van der Waals surface area contributed by atoms with Gasteiger partial charge in [-0.3, -0.25) is 0 Å². The molecule has 1 atom stereocenters. The normalized spacial score (nSPS) is 18.3. The molecule has 1 heterocycles. The fraction of sp³-hybridized carbons (Fsp3) is 0.500. The van der Waals surface area contributed by atoms with Gasteiger partial charge in [-0.1, -0.05) is 0 Å². The maximum atomic E-state index is 11.9. The summed E-state index contributed by atoms with van der Waals surface area (Å²) in [5.41, 5.74) is 6.64. The summed E-state index contributed by atoms with van der Waals surface area (Å²) in [5, 5.41) is 0. The van der Waals surface area contributed by atoms with Crippen LogP contribution in [-0.2, 0) is 9.47 Å². The van der Waals surface area contributed by atoms with E-state index in [0.717, 1.165) is 13.0 Å². The number of rotatable bonds is 5. The second-order valence-corrected chi connectivity index (χ2v) is 4.55. The van der Waals surface area contributed by atoms with E-state index in [2.05, 4.69) is 0 Å². The third-order valence-corrected chi connectivity index (χ3v) is 2.95. The van der Waals surface area contributed by atoms with E-state index in [1.54, 1.807) is 18.2 Å². The summed E-state index contributed by atoms with van der Waals surface area (Å²) in [6.45, 7) is 4.19. The number of hydrogen-bond acceptors (Lipinski definition) is 5. The van der Waals surface area contributed by atoms with Crippen LogP contribution in [-0.4, -0.2) is 32.4 Å². The van der Waals surface area contributed by atoms with Gasteiger partial charge in [0.2, 0.25) is 0 Å². The molecule has 0 spiro atoms. The van der Waals surface area contributed by atoms with Gasteiger partial charge < -0.3 is 19.9 Å². The van der Waals surface area contributed by atoms with E-state index < -0.39 is 0 Å². The number of hydrogen-bond donors (Lipinski definition) is 1. The average Bonchev–Trinajstić information content (AvgIpc) is 2.88. The molecule has 2 rings (SSSR count). The zero-order valence-electron chi connectivity index (χ0n) is 11.1. The molecule has 2 N–H and O–H groups in total. The lowest BCUT2D eigenvalue weighted by molar-refractivity contribution is 0.0428. The second-order valence-electron chi connectivity index (χ2n) is 4.55. The SMILES string of the molecule is CCOc1cc(N)cc(C(=O)OCC2CCOC2)c1. The molecular weight excluding hydrogens is 246 g/mol. The molecule has 1 aliphatic rings. The van der Waals surface area contributed by atoms with Crippen molar-refractivity contribution in [2.75, 3.05) is 32.2 Å². The van der Waals surface area contributed by atoms with Crippen molar-refractivity contribution in [1.82, 2.24) is 0 Å². The highest BCUT2D eigenvalue weighted by molar-refractivity contribution is 5.91. The summed E-state index contributed by atoms with van der Waals surface area (Å²) in [6.07, 6.45) is 0.939. The molecule has 5 nitrogen and oxygen atoms in total. The van der Waals surface area contributed by atoms with Crippen molar-refractivity contribution in [3.05, 3.63) is 23.8 Å². The molecule has 0 radical (unpaired) electrons. The maximum absolute atomic E-state index is 11.9. The van der Waals surface area contributed by atoms with Crippen molar-refractivity contribution in [3.8, 4) is 5.75 Å². The first-order chi connectivity index (χ1) is 9.19. The Bertz CT molecular complexity index is 441. The molecule has 0 amide bonds. The van der Waals surface area contributed by atoms with Crippen molar-refractivity contribution in [2.45, 2.75) is 13.3 Å². The van der Waals surface area contributed by atoms with Crippen LogP contribution in [0.1, 0.15) is 23.7 Å². The second kappa shape index (κ2) is 6.43. The third-order valence-electron chi connectivity index (χ3n) is 2.95. The number of esters is 1. The van der Waals surface area contributed by atoms with Crippen molar-refractivity contribution in [2.24, 2.45) is 5.92 Å². The number of anilines is 1. The molecule has 1 unspecified atom stereocenters. The highest BCUT2D eigenvalue weighted by Crippen LogP contribution is 2.20. The topological polar surface area (TPSA) is 70.8 Å². The molecule has 1 aromatic rings. The number of carbonyl (C=O) groups excluding carboxylic acids is 1. The molecule has 0 aromatic heterocycles. The van der Waals surface area contributed by atoms with Gasteiger partial charge in [0.05, 0.1) is 25.4 Å². The smallest absolute Gasteiger partial charge is 0.338 e. The molecule has 5 heteroatoms. The van der Waals surface area contributed by atoms with Gasteiger partial charge in [-0.05, 0) is 25.5 Å². The van der Waals surface area contributed by atoms with Crippen LogP contribution < -0.4 is 10.5 Å². The molecule has 0 saturated carbocycles. The van der Waals surface area contributed by atoms with Crippen LogP contribution in [0.4, 0.5) is 5.69 Å². The molecule has 19 heavy (non-hydrogen) atoms. The molecule has 104 valence electrons. The Morgan fingerprint density at radius 3 is 3.00 bits per heavy atom. The largest absolute Gasteiger partial charge is 0.494 e. The van der Waals surface area contributed by atoms with Gasteiger partial charge in [-0.25, -0.2) is 4.79 Å². The monoisotopic (exact) mass is 265 g/mol. The molecule has 0 bridgehead atoms. The fourth-order valence-electron chi connectivity index (χ4n) is 1.98. The number of nitrogen functional groups attached to an aromatic ring is 1. The molecule has 1 aliphatic heterocycles. The van der Waals surface area contributed by atoms with E-state index in [9.17, 15) is 4.79 Å². The van der Waals surface area contributed by atoms with E-state index in [-0.39, 0.29) is 5.97 Å². The Morgan fingerprint density at radius 1 is 1.47 bits per heavy atom. The van der Waals surface area contributed by atoms with Crippen LogP contribution in [0.3, 0.4) is 0 Å². The van der Waals surface area contributed by atoms with Gasteiger partial charge in [0.1, 0.15) is 5.75 Å². The molecule has 1 saturated heterocycles. The van der Waals surface area contributed by atoms with Gasteiger partial charge in [0.25, 0.3) is 0 Å². The summed E-state index contributed by atoms with van der Waals surface area (Å²) >= 11 is 0. The highest BCUT2D eigenvalue weighted by atomic mass is 16.5. The van der Waals surface area contributed by atoms with Crippen LogP contribution in [0.25, 0.3) is 0 Å². The zero-order valence-corrected chi connectivity index (χ0v) is 11.1. The van der Waals surface area contributed by atoms with Crippen LogP contribution in [0.15, 0.2) is 18.2 Å². The summed E-state index contributed by atoms with van der Waals surface area (Å²) in [6, 6.07) is 4.93. The Kier molecular flexibility index (Phi) is 4.63. The van der Waals surface area contributed by atoms with Crippen molar-refractivity contribution < 1.29 is 19.0 Å². The summed E-state index contributed by atoms with van der Waals surface area (Å²) < 4.78 is 15.9. The standard InChI is InChI=1S/C14H19NO4/c1-2-18-13-6-11(5-12(15)7-13)14(16)19-9-10-3-4-17-8-10/h5-7,10H,2-4,8-9,15H2,1H3. The Morgan fingerprint density at radius 2 is 2.32 bits per heavy atom. The third kappa shape index (κ3) is 3.86. The zero-order chi connectivity index (χ0) is 13.7. The quantitative estimate of drug-likeness (QED) is 0.650. The molecule has 1 aromatic carbocycles. The lowest BCUT2D eigenvalue weighted by Crippen LogP contribution is -2.14. The van der Waals surface area contributed by atoms with Crippen LogP contribution in [0.5, 0.6) is 5.75 Å².